The lowest BCUT2D eigenvalue weighted by molar-refractivity contribution is -0.122. The van der Waals surface area contributed by atoms with Crippen LogP contribution in [0.2, 0.25) is 5.02 Å². The van der Waals surface area contributed by atoms with Gasteiger partial charge in [-0.3, -0.25) is 9.48 Å². The lowest BCUT2D eigenvalue weighted by Gasteiger charge is -2.21. The number of hydrogen-bond donors (Lipinski definition) is 1. The predicted octanol–water partition coefficient (Wildman–Crippen LogP) is 3.10. The first-order chi connectivity index (χ1) is 11.8. The van der Waals surface area contributed by atoms with Crippen LogP contribution in [-0.2, 0) is 11.3 Å². The number of benzene rings is 1. The number of nitrogens with one attached hydrogen (secondary N) is 1. The van der Waals surface area contributed by atoms with Crippen LogP contribution in [0.5, 0.6) is 0 Å². The normalized spacial score (nSPS) is 12.4. The number of amides is 1. The van der Waals surface area contributed by atoms with Crippen LogP contribution in [0.15, 0.2) is 24.3 Å². The Balaban J connectivity index is 2.10. The predicted molar refractivity (Wildman–Crippen MR) is 97.2 cm³/mol. The molecule has 0 fully saturated rings. The monoisotopic (exact) mass is 366 g/mol. The molecule has 1 aromatic heterocycles. The molecule has 1 aromatic carbocycles. The number of nitrogens with zero attached hydrogens (tertiary/aromatic N) is 3. The summed E-state index contributed by atoms with van der Waals surface area (Å²) in [5.41, 5.74) is 2.35. The van der Waals surface area contributed by atoms with Crippen molar-refractivity contribution in [3.05, 3.63) is 52.1 Å². The number of carbonyl (C=O) groups excluding carboxylic acids is 1. The van der Waals surface area contributed by atoms with Crippen LogP contribution in [0.25, 0.3) is 0 Å². The fourth-order valence-corrected chi connectivity index (χ4v) is 2.74. The number of hydrogen-bond acceptors (Lipinski definition) is 3. The van der Waals surface area contributed by atoms with E-state index in [0.29, 0.717) is 10.7 Å². The van der Waals surface area contributed by atoms with E-state index in [2.05, 4.69) is 10.4 Å². The second-order valence-electron chi connectivity index (χ2n) is 6.41. The highest BCUT2D eigenvalue weighted by Crippen LogP contribution is 2.20. The van der Waals surface area contributed by atoms with Crippen molar-refractivity contribution in [1.82, 2.24) is 20.0 Å². The highest BCUT2D eigenvalue weighted by atomic mass is 35.5. The SMILES string of the molecule is Cc1nn(CC(=O)NC(CCN(C)C)c2ccc(F)cc2)c(C)c1Cl. The molecule has 0 spiro atoms. The zero-order chi connectivity index (χ0) is 18.6. The summed E-state index contributed by atoms with van der Waals surface area (Å²) < 4.78 is 14.8. The third kappa shape index (κ3) is 5.28. The van der Waals surface area contributed by atoms with E-state index in [-0.39, 0.29) is 24.3 Å². The van der Waals surface area contributed by atoms with Gasteiger partial charge in [-0.1, -0.05) is 23.7 Å². The highest BCUT2D eigenvalue weighted by molar-refractivity contribution is 6.31. The fraction of sp³-hybridized carbons (Fsp3) is 0.444. The third-order valence-corrected chi connectivity index (χ3v) is 4.61. The van der Waals surface area contributed by atoms with Gasteiger partial charge in [0.2, 0.25) is 5.91 Å². The van der Waals surface area contributed by atoms with Crippen molar-refractivity contribution in [3.8, 4) is 0 Å². The molecule has 1 amide bonds. The number of aryl methyl sites for hydroxylation is 1. The van der Waals surface area contributed by atoms with Gasteiger partial charge in [-0.05, 0) is 58.6 Å². The van der Waals surface area contributed by atoms with Crippen molar-refractivity contribution < 1.29 is 9.18 Å². The van der Waals surface area contributed by atoms with Gasteiger partial charge in [-0.2, -0.15) is 5.10 Å². The van der Waals surface area contributed by atoms with Crippen LogP contribution in [0, 0.1) is 19.7 Å². The molecule has 7 heteroatoms. The molecule has 0 aliphatic heterocycles. The van der Waals surface area contributed by atoms with E-state index in [4.69, 9.17) is 11.6 Å². The van der Waals surface area contributed by atoms with E-state index >= 15 is 0 Å². The van der Waals surface area contributed by atoms with Gasteiger partial charge in [-0.25, -0.2) is 4.39 Å². The van der Waals surface area contributed by atoms with E-state index in [0.717, 1.165) is 24.2 Å². The van der Waals surface area contributed by atoms with Crippen molar-refractivity contribution in [2.75, 3.05) is 20.6 Å². The topological polar surface area (TPSA) is 50.2 Å². The summed E-state index contributed by atoms with van der Waals surface area (Å²) in [7, 11) is 3.95. The largest absolute Gasteiger partial charge is 0.348 e. The maximum Gasteiger partial charge on any atom is 0.242 e. The van der Waals surface area contributed by atoms with Gasteiger partial charge in [0.15, 0.2) is 0 Å². The van der Waals surface area contributed by atoms with Crippen LogP contribution < -0.4 is 5.32 Å². The maximum atomic E-state index is 13.2. The minimum atomic E-state index is -0.293. The summed E-state index contributed by atoms with van der Waals surface area (Å²) in [4.78, 5) is 14.5. The molecule has 0 radical (unpaired) electrons. The number of halogens is 2. The average Bonchev–Trinajstić information content (AvgIpc) is 2.79. The van der Waals surface area contributed by atoms with Crippen LogP contribution >= 0.6 is 11.6 Å². The standard InChI is InChI=1S/C18H24ClFN4O/c1-12-18(19)13(2)24(22-12)11-17(25)21-16(9-10-23(3)4)14-5-7-15(20)8-6-14/h5-8,16H,9-11H2,1-4H3,(H,21,25). The summed E-state index contributed by atoms with van der Waals surface area (Å²) in [6, 6.07) is 6.03. The number of carbonyl (C=O) groups is 1. The lowest BCUT2D eigenvalue weighted by Crippen LogP contribution is -2.33. The summed E-state index contributed by atoms with van der Waals surface area (Å²) in [6.45, 7) is 4.54. The van der Waals surface area contributed by atoms with Crippen LogP contribution in [0.3, 0.4) is 0 Å². The van der Waals surface area contributed by atoms with Crippen LogP contribution in [0.4, 0.5) is 4.39 Å². The molecule has 136 valence electrons. The highest BCUT2D eigenvalue weighted by Gasteiger charge is 2.17. The molecule has 1 N–H and O–H groups in total. The van der Waals surface area contributed by atoms with E-state index in [9.17, 15) is 9.18 Å². The van der Waals surface area contributed by atoms with Gasteiger partial charge in [-0.15, -0.1) is 0 Å². The molecule has 0 saturated heterocycles. The Morgan fingerprint density at radius 3 is 2.48 bits per heavy atom. The lowest BCUT2D eigenvalue weighted by atomic mass is 10.0. The van der Waals surface area contributed by atoms with Gasteiger partial charge >= 0.3 is 0 Å². The second-order valence-corrected chi connectivity index (χ2v) is 6.78. The molecule has 2 rings (SSSR count). The minimum absolute atomic E-state index is 0.0963. The molecular weight excluding hydrogens is 343 g/mol. The molecule has 1 unspecified atom stereocenters. The zero-order valence-corrected chi connectivity index (χ0v) is 15.8. The summed E-state index contributed by atoms with van der Waals surface area (Å²) >= 11 is 6.13. The first-order valence-electron chi connectivity index (χ1n) is 8.17. The van der Waals surface area contributed by atoms with Gasteiger partial charge < -0.3 is 10.2 Å². The summed E-state index contributed by atoms with van der Waals surface area (Å²) in [5, 5.41) is 7.88. The smallest absolute Gasteiger partial charge is 0.242 e. The zero-order valence-electron chi connectivity index (χ0n) is 15.0. The maximum absolute atomic E-state index is 13.2. The van der Waals surface area contributed by atoms with Gasteiger partial charge in [0.1, 0.15) is 12.4 Å². The van der Waals surface area contributed by atoms with E-state index in [1.165, 1.54) is 12.1 Å². The van der Waals surface area contributed by atoms with Crippen molar-refractivity contribution in [1.29, 1.82) is 0 Å². The Bertz CT molecular complexity index is 727. The molecular formula is C18H24ClFN4O. The average molecular weight is 367 g/mol. The number of rotatable bonds is 7. The second kappa shape index (κ2) is 8.45. The Morgan fingerprint density at radius 2 is 1.96 bits per heavy atom. The van der Waals surface area contributed by atoms with E-state index in [1.54, 1.807) is 16.8 Å². The van der Waals surface area contributed by atoms with Crippen LogP contribution in [-0.4, -0.2) is 41.2 Å². The molecule has 0 bridgehead atoms. The third-order valence-electron chi connectivity index (χ3n) is 4.06. The van der Waals surface area contributed by atoms with Gasteiger partial charge in [0, 0.05) is 0 Å². The van der Waals surface area contributed by atoms with Crippen molar-refractivity contribution in [3.63, 3.8) is 0 Å². The molecule has 1 atom stereocenters. The van der Waals surface area contributed by atoms with Gasteiger partial charge in [0.25, 0.3) is 0 Å². The molecule has 25 heavy (non-hydrogen) atoms. The summed E-state index contributed by atoms with van der Waals surface area (Å²) in [5.74, 6) is -0.450. The molecule has 0 aliphatic carbocycles. The van der Waals surface area contributed by atoms with Crippen molar-refractivity contribution >= 4 is 17.5 Å². The quantitative estimate of drug-likeness (QED) is 0.819. The Kier molecular flexibility index (Phi) is 6.56. The first kappa shape index (κ1) is 19.4. The minimum Gasteiger partial charge on any atom is -0.348 e. The fourth-order valence-electron chi connectivity index (χ4n) is 2.61. The molecule has 0 saturated carbocycles. The number of aromatic nitrogens is 2. The van der Waals surface area contributed by atoms with E-state index in [1.807, 2.05) is 32.8 Å². The van der Waals surface area contributed by atoms with Gasteiger partial charge in [0.05, 0.1) is 22.5 Å². The Hall–Kier alpha value is -1.92. The molecule has 2 aromatic rings. The van der Waals surface area contributed by atoms with Crippen molar-refractivity contribution in [2.45, 2.75) is 32.9 Å². The van der Waals surface area contributed by atoms with E-state index < -0.39 is 0 Å². The Labute approximate surface area is 152 Å². The molecule has 5 nitrogen and oxygen atoms in total. The van der Waals surface area contributed by atoms with Crippen molar-refractivity contribution in [2.24, 2.45) is 0 Å². The Morgan fingerprint density at radius 1 is 1.32 bits per heavy atom. The molecule has 0 aliphatic rings. The molecule has 1 heterocycles. The van der Waals surface area contributed by atoms with Crippen LogP contribution in [0.1, 0.15) is 29.4 Å². The first-order valence-corrected chi connectivity index (χ1v) is 8.54. The summed E-state index contributed by atoms with van der Waals surface area (Å²) in [6.07, 6.45) is 0.724.